The quantitative estimate of drug-likeness (QED) is 0.519. The molecular weight excluding hydrogens is 464 g/mol. The number of aromatic nitrogens is 2. The third-order valence-electron chi connectivity index (χ3n) is 6.32. The van der Waals surface area contributed by atoms with E-state index in [1.807, 2.05) is 48.5 Å². The van der Waals surface area contributed by atoms with Gasteiger partial charge in [-0.2, -0.15) is 0 Å². The first kappa shape index (κ1) is 25.0. The summed E-state index contributed by atoms with van der Waals surface area (Å²) in [6.07, 6.45) is 2.99. The molecule has 0 aliphatic carbocycles. The van der Waals surface area contributed by atoms with Crippen molar-refractivity contribution in [3.8, 4) is 0 Å². The Hall–Kier alpha value is -3.07. The summed E-state index contributed by atoms with van der Waals surface area (Å²) >= 11 is 0. The van der Waals surface area contributed by atoms with Gasteiger partial charge in [0.1, 0.15) is 11.4 Å². The fourth-order valence-electron chi connectivity index (χ4n) is 4.55. The van der Waals surface area contributed by atoms with Crippen LogP contribution >= 0.6 is 0 Å². The lowest BCUT2D eigenvalue weighted by molar-refractivity contribution is 0.0130. The number of nitrogens with zero attached hydrogens (tertiary/aromatic N) is 4. The number of pyridine rings is 1. The molecule has 1 saturated heterocycles. The predicted molar refractivity (Wildman–Crippen MR) is 137 cm³/mol. The van der Waals surface area contributed by atoms with Gasteiger partial charge in [0.15, 0.2) is 0 Å². The average Bonchev–Trinajstić information content (AvgIpc) is 3.12. The van der Waals surface area contributed by atoms with E-state index >= 15 is 0 Å². The molecule has 1 fully saturated rings. The van der Waals surface area contributed by atoms with Crippen LogP contribution < -0.4 is 4.90 Å². The van der Waals surface area contributed by atoms with Gasteiger partial charge in [-0.25, -0.2) is 22.2 Å². The van der Waals surface area contributed by atoms with E-state index < -0.39 is 15.6 Å². The minimum absolute atomic E-state index is 0.0340. The second-order valence-corrected chi connectivity index (χ2v) is 12.3. The fraction of sp³-hybridized carbons (Fsp3) is 0.462. The van der Waals surface area contributed by atoms with Crippen LogP contribution in [-0.4, -0.2) is 59.1 Å². The zero-order valence-corrected chi connectivity index (χ0v) is 22.3. The summed E-state index contributed by atoms with van der Waals surface area (Å²) < 4.78 is 33.9. The van der Waals surface area contributed by atoms with Gasteiger partial charge in [-0.15, -0.1) is 0 Å². The number of hydrogen-bond acceptors (Lipinski definition) is 6. The standard InChI is InChI=1S/C26H34N4O4S/c1-17-8-10-21(11-9-17)35(32,33)30-14-18(2)23-22(30)12-13-27-24(23)28-15-20(4)29(16-19(28)3)25(31)34-26(5,6)7/h8-14,19-20H,15-16H2,1-7H3. The number of anilines is 1. The monoisotopic (exact) mass is 498 g/mol. The maximum atomic E-state index is 13.5. The van der Waals surface area contributed by atoms with Gasteiger partial charge >= 0.3 is 6.09 Å². The van der Waals surface area contributed by atoms with Crippen molar-refractivity contribution in [2.24, 2.45) is 0 Å². The Balaban J connectivity index is 1.71. The highest BCUT2D eigenvalue weighted by Gasteiger charge is 2.36. The first-order valence-electron chi connectivity index (χ1n) is 11.8. The van der Waals surface area contributed by atoms with Gasteiger partial charge in [-0.1, -0.05) is 17.7 Å². The van der Waals surface area contributed by atoms with Crippen LogP contribution in [0, 0.1) is 13.8 Å². The van der Waals surface area contributed by atoms with Crippen molar-refractivity contribution in [2.75, 3.05) is 18.0 Å². The number of aryl methyl sites for hydroxylation is 2. The average molecular weight is 499 g/mol. The SMILES string of the molecule is Cc1ccc(S(=O)(=O)n2cc(C)c3c(N4CC(C)N(C(=O)OC(C)(C)C)CC4C)nccc32)cc1. The molecule has 35 heavy (non-hydrogen) atoms. The topological polar surface area (TPSA) is 84.7 Å². The largest absolute Gasteiger partial charge is 0.444 e. The maximum Gasteiger partial charge on any atom is 0.410 e. The van der Waals surface area contributed by atoms with E-state index in [0.717, 1.165) is 22.3 Å². The predicted octanol–water partition coefficient (Wildman–Crippen LogP) is 4.72. The van der Waals surface area contributed by atoms with E-state index in [9.17, 15) is 13.2 Å². The third-order valence-corrected chi connectivity index (χ3v) is 8.00. The Morgan fingerprint density at radius 1 is 1.03 bits per heavy atom. The highest BCUT2D eigenvalue weighted by Crippen LogP contribution is 2.34. The Morgan fingerprint density at radius 2 is 1.69 bits per heavy atom. The van der Waals surface area contributed by atoms with Gasteiger partial charge in [-0.05, 0) is 72.2 Å². The summed E-state index contributed by atoms with van der Waals surface area (Å²) in [6.45, 7) is 14.5. The van der Waals surface area contributed by atoms with Gasteiger partial charge < -0.3 is 14.5 Å². The van der Waals surface area contributed by atoms with Gasteiger partial charge in [0.05, 0.1) is 10.4 Å². The van der Waals surface area contributed by atoms with Crippen LogP contribution in [0.2, 0.25) is 0 Å². The third kappa shape index (κ3) is 4.74. The van der Waals surface area contributed by atoms with Crippen LogP contribution in [0.3, 0.4) is 0 Å². The molecule has 0 radical (unpaired) electrons. The summed E-state index contributed by atoms with van der Waals surface area (Å²) in [6, 6.07) is 8.46. The van der Waals surface area contributed by atoms with Crippen molar-refractivity contribution in [1.29, 1.82) is 0 Å². The summed E-state index contributed by atoms with van der Waals surface area (Å²) in [5.74, 6) is 0.723. The molecule has 0 bridgehead atoms. The van der Waals surface area contributed by atoms with E-state index in [4.69, 9.17) is 4.74 Å². The van der Waals surface area contributed by atoms with Crippen molar-refractivity contribution in [1.82, 2.24) is 13.9 Å². The van der Waals surface area contributed by atoms with E-state index in [1.165, 1.54) is 3.97 Å². The zero-order chi connectivity index (χ0) is 25.7. The van der Waals surface area contributed by atoms with Crippen molar-refractivity contribution in [3.05, 3.63) is 53.9 Å². The molecule has 0 spiro atoms. The van der Waals surface area contributed by atoms with Crippen LogP contribution in [0.4, 0.5) is 10.6 Å². The lowest BCUT2D eigenvalue weighted by Crippen LogP contribution is -2.59. The number of hydrogen-bond donors (Lipinski definition) is 0. The second-order valence-electron chi connectivity index (χ2n) is 10.4. The highest BCUT2D eigenvalue weighted by atomic mass is 32.2. The Morgan fingerprint density at radius 3 is 2.31 bits per heavy atom. The number of fused-ring (bicyclic) bond motifs is 1. The summed E-state index contributed by atoms with van der Waals surface area (Å²) in [5, 5.41) is 0.799. The molecule has 2 unspecified atom stereocenters. The number of carbonyl (C=O) groups is 1. The minimum atomic E-state index is -3.77. The molecule has 1 aromatic carbocycles. The van der Waals surface area contributed by atoms with Crippen molar-refractivity contribution in [2.45, 2.75) is 71.0 Å². The van der Waals surface area contributed by atoms with Crippen LogP contribution in [-0.2, 0) is 14.8 Å². The molecule has 3 aromatic rings. The smallest absolute Gasteiger partial charge is 0.410 e. The molecule has 1 aliphatic rings. The van der Waals surface area contributed by atoms with E-state index in [-0.39, 0.29) is 23.1 Å². The molecule has 9 heteroatoms. The molecule has 3 heterocycles. The Labute approximate surface area is 207 Å². The molecule has 0 N–H and O–H groups in total. The fourth-order valence-corrected chi connectivity index (χ4v) is 5.97. The summed E-state index contributed by atoms with van der Waals surface area (Å²) in [4.78, 5) is 21.6. The molecule has 2 atom stereocenters. The number of amides is 1. The van der Waals surface area contributed by atoms with Crippen molar-refractivity contribution < 1.29 is 17.9 Å². The van der Waals surface area contributed by atoms with Crippen LogP contribution in [0.25, 0.3) is 10.9 Å². The summed E-state index contributed by atoms with van der Waals surface area (Å²) in [7, 11) is -3.77. The maximum absolute atomic E-state index is 13.5. The lowest BCUT2D eigenvalue weighted by atomic mass is 10.1. The molecule has 1 aliphatic heterocycles. The number of ether oxygens (including phenoxy) is 1. The molecule has 188 valence electrons. The van der Waals surface area contributed by atoms with Crippen molar-refractivity contribution in [3.63, 3.8) is 0 Å². The Bertz CT molecular complexity index is 1360. The molecule has 4 rings (SSSR count). The number of benzene rings is 1. The van der Waals surface area contributed by atoms with E-state index in [1.54, 1.807) is 47.6 Å². The number of piperazine rings is 1. The van der Waals surface area contributed by atoms with Gasteiger partial charge in [-0.3, -0.25) is 0 Å². The van der Waals surface area contributed by atoms with Gasteiger partial charge in [0.2, 0.25) is 0 Å². The molecule has 1 amide bonds. The van der Waals surface area contributed by atoms with Gasteiger partial charge in [0.25, 0.3) is 10.0 Å². The highest BCUT2D eigenvalue weighted by molar-refractivity contribution is 7.90. The number of rotatable bonds is 3. The number of carbonyl (C=O) groups excluding carboxylic acids is 1. The first-order valence-corrected chi connectivity index (χ1v) is 13.3. The minimum Gasteiger partial charge on any atom is -0.444 e. The molecular formula is C26H34N4O4S. The van der Waals surface area contributed by atoms with E-state index in [2.05, 4.69) is 9.88 Å². The lowest BCUT2D eigenvalue weighted by Gasteiger charge is -2.44. The first-order chi connectivity index (χ1) is 16.3. The van der Waals surface area contributed by atoms with Gasteiger partial charge in [0, 0.05) is 43.0 Å². The summed E-state index contributed by atoms with van der Waals surface area (Å²) in [5.41, 5.74) is 1.85. The van der Waals surface area contributed by atoms with Crippen LogP contribution in [0.5, 0.6) is 0 Å². The zero-order valence-electron chi connectivity index (χ0n) is 21.4. The van der Waals surface area contributed by atoms with Crippen LogP contribution in [0.1, 0.15) is 45.7 Å². The van der Waals surface area contributed by atoms with E-state index in [0.29, 0.717) is 18.6 Å². The van der Waals surface area contributed by atoms with Crippen molar-refractivity contribution >= 4 is 32.8 Å². The normalized spacial score (nSPS) is 19.3. The second kappa shape index (κ2) is 8.86. The van der Waals surface area contributed by atoms with Crippen LogP contribution in [0.15, 0.2) is 47.6 Å². The molecule has 0 saturated carbocycles. The molecule has 2 aromatic heterocycles. The Kier molecular flexibility index (Phi) is 6.34. The molecule has 8 nitrogen and oxygen atoms in total.